The quantitative estimate of drug-likeness (QED) is 0.876. The number of nitrogens with zero attached hydrogens (tertiary/aromatic N) is 2. The van der Waals surface area contributed by atoms with Crippen molar-refractivity contribution in [2.45, 2.75) is 44.0 Å². The summed E-state index contributed by atoms with van der Waals surface area (Å²) < 4.78 is 0. The molecule has 3 rings (SSSR count). The van der Waals surface area contributed by atoms with Gasteiger partial charge < -0.3 is 0 Å². The van der Waals surface area contributed by atoms with Crippen molar-refractivity contribution in [3.8, 4) is 0 Å². The summed E-state index contributed by atoms with van der Waals surface area (Å²) in [4.78, 5) is 16.6. The third-order valence-electron chi connectivity index (χ3n) is 5.10. The summed E-state index contributed by atoms with van der Waals surface area (Å²) in [6.45, 7) is 6.74. The topological polar surface area (TPSA) is 58.6 Å². The van der Waals surface area contributed by atoms with Crippen LogP contribution in [0.15, 0.2) is 11.5 Å². The Morgan fingerprint density at radius 3 is 2.76 bits per heavy atom. The van der Waals surface area contributed by atoms with Crippen molar-refractivity contribution >= 4 is 17.5 Å². The van der Waals surface area contributed by atoms with E-state index in [1.54, 1.807) is 11.8 Å². The maximum absolute atomic E-state index is 12.4. The normalized spacial score (nSPS) is 38.9. The van der Waals surface area contributed by atoms with Crippen LogP contribution in [0.25, 0.3) is 0 Å². The van der Waals surface area contributed by atoms with Gasteiger partial charge in [0.05, 0.1) is 5.25 Å². The first-order chi connectivity index (χ1) is 7.97. The van der Waals surface area contributed by atoms with Crippen LogP contribution in [0.2, 0.25) is 0 Å². The molecule has 0 unspecified atom stereocenters. The lowest BCUT2D eigenvalue weighted by molar-refractivity contribution is -0.122. The first-order valence-corrected chi connectivity index (χ1v) is 6.90. The van der Waals surface area contributed by atoms with E-state index in [0.717, 1.165) is 18.0 Å². The van der Waals surface area contributed by atoms with E-state index in [9.17, 15) is 4.79 Å². The van der Waals surface area contributed by atoms with E-state index in [0.29, 0.717) is 5.78 Å². The fourth-order valence-corrected chi connectivity index (χ4v) is 4.94. The van der Waals surface area contributed by atoms with E-state index in [1.165, 1.54) is 6.33 Å². The molecule has 92 valence electrons. The number of fused-ring (bicyclic) bond motifs is 2. The monoisotopic (exact) mass is 251 g/mol. The van der Waals surface area contributed by atoms with Gasteiger partial charge in [-0.15, -0.1) is 0 Å². The van der Waals surface area contributed by atoms with Gasteiger partial charge >= 0.3 is 0 Å². The minimum absolute atomic E-state index is 0.0317. The van der Waals surface area contributed by atoms with Gasteiger partial charge in [0, 0.05) is 5.92 Å². The molecule has 2 aliphatic carbocycles. The minimum atomic E-state index is 0.0317. The number of carbonyl (C=O) groups excluding carboxylic acids is 1. The Hall–Kier alpha value is -0.840. The van der Waals surface area contributed by atoms with Crippen LogP contribution in [-0.4, -0.2) is 26.2 Å². The molecule has 0 spiro atoms. The van der Waals surface area contributed by atoms with Crippen molar-refractivity contribution in [2.75, 3.05) is 0 Å². The molecule has 0 aliphatic heterocycles. The number of nitrogens with one attached hydrogen (secondary N) is 1. The van der Waals surface area contributed by atoms with Crippen LogP contribution in [0.3, 0.4) is 0 Å². The molecular formula is C12H17N3OS. The van der Waals surface area contributed by atoms with E-state index in [2.05, 4.69) is 36.0 Å². The fraction of sp³-hybridized carbons (Fsp3) is 0.750. The Bertz CT molecular complexity index is 456. The van der Waals surface area contributed by atoms with E-state index < -0.39 is 0 Å². The summed E-state index contributed by atoms with van der Waals surface area (Å²) in [5, 5.41) is 7.47. The number of hydrogen-bond acceptors (Lipinski definition) is 4. The first-order valence-electron chi connectivity index (χ1n) is 6.02. The minimum Gasteiger partial charge on any atom is -0.298 e. The second-order valence-electron chi connectivity index (χ2n) is 5.92. The highest BCUT2D eigenvalue weighted by atomic mass is 32.2. The lowest BCUT2D eigenvalue weighted by Gasteiger charge is -2.37. The molecule has 2 bridgehead atoms. The molecule has 1 aromatic heterocycles. The lowest BCUT2D eigenvalue weighted by Crippen LogP contribution is -2.35. The van der Waals surface area contributed by atoms with Gasteiger partial charge in [0.2, 0.25) is 0 Å². The van der Waals surface area contributed by atoms with Crippen molar-refractivity contribution < 1.29 is 4.79 Å². The molecule has 0 saturated heterocycles. The first kappa shape index (κ1) is 11.3. The number of aromatic amines is 1. The van der Waals surface area contributed by atoms with Crippen molar-refractivity contribution in [1.29, 1.82) is 0 Å². The summed E-state index contributed by atoms with van der Waals surface area (Å²) in [7, 11) is 0. The summed E-state index contributed by atoms with van der Waals surface area (Å²) in [5.41, 5.74) is 0.202. The van der Waals surface area contributed by atoms with Crippen molar-refractivity contribution in [2.24, 2.45) is 16.7 Å². The molecular weight excluding hydrogens is 234 g/mol. The number of carbonyl (C=O) groups is 1. The summed E-state index contributed by atoms with van der Waals surface area (Å²) in [6, 6.07) is 0. The van der Waals surface area contributed by atoms with Gasteiger partial charge in [0.1, 0.15) is 12.1 Å². The SMILES string of the molecule is CC1(C)[C@@H]2CC[C@]1(C)[C@H](Sc1ncn[nH]1)C2=O. The predicted octanol–water partition coefficient (Wildman–Crippen LogP) is 2.29. The van der Waals surface area contributed by atoms with E-state index >= 15 is 0 Å². The molecule has 5 heteroatoms. The maximum atomic E-state index is 12.4. The Balaban J connectivity index is 1.94. The third-order valence-corrected chi connectivity index (χ3v) is 6.51. The standard InChI is InChI=1S/C12H17N3OS/c1-11(2)7-4-5-12(11,3)9(8(7)16)17-10-13-6-14-15-10/h6-7,9H,4-5H2,1-3H3,(H,13,14,15)/t7-,9-,12-/m1/s1. The number of rotatable bonds is 2. The van der Waals surface area contributed by atoms with Crippen LogP contribution < -0.4 is 0 Å². The summed E-state index contributed by atoms with van der Waals surface area (Å²) in [5.74, 6) is 0.637. The molecule has 2 fully saturated rings. The second kappa shape index (κ2) is 3.34. The maximum Gasteiger partial charge on any atom is 0.184 e. The number of aromatic nitrogens is 3. The van der Waals surface area contributed by atoms with Crippen LogP contribution >= 0.6 is 11.8 Å². The molecule has 4 nitrogen and oxygen atoms in total. The number of ketones is 1. The highest BCUT2D eigenvalue weighted by Gasteiger charge is 2.66. The van der Waals surface area contributed by atoms with Gasteiger partial charge in [-0.1, -0.05) is 32.5 Å². The van der Waals surface area contributed by atoms with Crippen molar-refractivity contribution in [3.05, 3.63) is 6.33 Å². The van der Waals surface area contributed by atoms with Gasteiger partial charge in [0.15, 0.2) is 5.16 Å². The Kier molecular flexibility index (Phi) is 2.21. The summed E-state index contributed by atoms with van der Waals surface area (Å²) >= 11 is 1.55. The van der Waals surface area contributed by atoms with Gasteiger partial charge in [-0.05, 0) is 23.7 Å². The molecule has 0 radical (unpaired) electrons. The smallest absolute Gasteiger partial charge is 0.184 e. The number of thioether (sulfide) groups is 1. The third kappa shape index (κ3) is 1.29. The zero-order valence-corrected chi connectivity index (χ0v) is 11.2. The van der Waals surface area contributed by atoms with Crippen LogP contribution in [0.5, 0.6) is 0 Å². The highest BCUT2D eigenvalue weighted by Crippen LogP contribution is 2.66. The zero-order chi connectivity index (χ0) is 12.3. The molecule has 2 aliphatic rings. The molecule has 17 heavy (non-hydrogen) atoms. The van der Waals surface area contributed by atoms with E-state index in [1.807, 2.05) is 0 Å². The second-order valence-corrected chi connectivity index (χ2v) is 7.02. The summed E-state index contributed by atoms with van der Waals surface area (Å²) in [6.07, 6.45) is 3.69. The molecule has 2 saturated carbocycles. The number of hydrogen-bond donors (Lipinski definition) is 1. The molecule has 1 aromatic rings. The molecule has 1 heterocycles. The van der Waals surface area contributed by atoms with Gasteiger partial charge in [-0.3, -0.25) is 9.89 Å². The van der Waals surface area contributed by atoms with E-state index in [-0.39, 0.29) is 22.0 Å². The van der Waals surface area contributed by atoms with Gasteiger partial charge in [0.25, 0.3) is 0 Å². The van der Waals surface area contributed by atoms with Crippen LogP contribution in [0, 0.1) is 16.7 Å². The molecule has 3 atom stereocenters. The Morgan fingerprint density at radius 2 is 2.24 bits per heavy atom. The van der Waals surface area contributed by atoms with Gasteiger partial charge in [-0.2, -0.15) is 5.10 Å². The van der Waals surface area contributed by atoms with Crippen LogP contribution in [0.4, 0.5) is 0 Å². The largest absolute Gasteiger partial charge is 0.298 e. The van der Waals surface area contributed by atoms with Crippen molar-refractivity contribution in [3.63, 3.8) is 0 Å². The zero-order valence-electron chi connectivity index (χ0n) is 10.4. The number of Topliss-reactive ketones (excluding diaryl/α,β-unsaturated/α-hetero) is 1. The fourth-order valence-electron chi connectivity index (χ4n) is 3.54. The number of H-pyrrole nitrogens is 1. The predicted molar refractivity (Wildman–Crippen MR) is 65.6 cm³/mol. The Morgan fingerprint density at radius 1 is 1.47 bits per heavy atom. The van der Waals surface area contributed by atoms with Gasteiger partial charge in [-0.25, -0.2) is 4.98 Å². The van der Waals surface area contributed by atoms with E-state index in [4.69, 9.17) is 0 Å². The molecule has 1 N–H and O–H groups in total. The highest BCUT2D eigenvalue weighted by molar-refractivity contribution is 8.00. The van der Waals surface area contributed by atoms with Crippen LogP contribution in [-0.2, 0) is 4.79 Å². The molecule has 0 amide bonds. The average Bonchev–Trinajstić information content (AvgIpc) is 2.86. The molecule has 0 aromatic carbocycles. The lowest BCUT2D eigenvalue weighted by atomic mass is 9.71. The van der Waals surface area contributed by atoms with Crippen molar-refractivity contribution in [1.82, 2.24) is 15.2 Å². The Labute approximate surface area is 105 Å². The van der Waals surface area contributed by atoms with Crippen LogP contribution in [0.1, 0.15) is 33.6 Å². The average molecular weight is 251 g/mol.